The van der Waals surface area contributed by atoms with Crippen molar-refractivity contribution in [3.05, 3.63) is 53.0 Å². The fourth-order valence-corrected chi connectivity index (χ4v) is 3.99. The van der Waals surface area contributed by atoms with Gasteiger partial charge in [0, 0.05) is 23.5 Å². The zero-order valence-corrected chi connectivity index (χ0v) is 13.7. The molecule has 6 heteroatoms. The maximum atomic E-state index is 11.5. The minimum Gasteiger partial charge on any atom is -0.480 e. The molecule has 2 heterocycles. The van der Waals surface area contributed by atoms with Crippen molar-refractivity contribution in [2.75, 3.05) is 0 Å². The summed E-state index contributed by atoms with van der Waals surface area (Å²) in [7, 11) is 0. The van der Waals surface area contributed by atoms with E-state index >= 15 is 0 Å². The van der Waals surface area contributed by atoms with Gasteiger partial charge < -0.3 is 10.1 Å². The number of terminal acetylenes is 1. The van der Waals surface area contributed by atoms with Gasteiger partial charge in [-0.05, 0) is 35.7 Å². The van der Waals surface area contributed by atoms with Crippen LogP contribution in [-0.4, -0.2) is 22.1 Å². The smallest absolute Gasteiger partial charge is 0.321 e. The topological polar surface area (TPSA) is 65.1 Å². The summed E-state index contributed by atoms with van der Waals surface area (Å²) in [5, 5.41) is 10.5. The second-order valence-corrected chi connectivity index (χ2v) is 7.16. The van der Waals surface area contributed by atoms with E-state index in [1.165, 1.54) is 23.3 Å². The maximum absolute atomic E-state index is 11.5. The van der Waals surface area contributed by atoms with Gasteiger partial charge in [-0.1, -0.05) is 24.1 Å². The van der Waals surface area contributed by atoms with Crippen molar-refractivity contribution in [1.82, 2.24) is 9.71 Å². The van der Waals surface area contributed by atoms with E-state index in [9.17, 15) is 9.90 Å². The average Bonchev–Trinajstić information content (AvgIpc) is 3.18. The SMILES string of the molecule is C#Cc1ccc(SNC(Cc2c[nH]c3ccccc23)C(=O)O)s1. The molecule has 0 spiro atoms. The fourth-order valence-electron chi connectivity index (χ4n) is 2.28. The molecule has 0 aliphatic carbocycles. The first-order valence-electron chi connectivity index (χ1n) is 6.94. The van der Waals surface area contributed by atoms with Crippen molar-refractivity contribution in [2.45, 2.75) is 16.7 Å². The molecule has 0 amide bonds. The number of fused-ring (bicyclic) bond motifs is 1. The number of aromatic amines is 1. The Kier molecular flexibility index (Phi) is 4.72. The molecule has 23 heavy (non-hydrogen) atoms. The number of rotatable bonds is 6. The van der Waals surface area contributed by atoms with Crippen LogP contribution in [-0.2, 0) is 11.2 Å². The van der Waals surface area contributed by atoms with E-state index in [0.29, 0.717) is 6.42 Å². The molecule has 116 valence electrons. The van der Waals surface area contributed by atoms with Crippen LogP contribution in [0.25, 0.3) is 10.9 Å². The molecule has 1 aromatic carbocycles. The molecule has 3 aromatic rings. The number of nitrogens with one attached hydrogen (secondary N) is 2. The Hall–Kier alpha value is -2.20. The van der Waals surface area contributed by atoms with Gasteiger partial charge in [-0.25, -0.2) is 4.72 Å². The summed E-state index contributed by atoms with van der Waals surface area (Å²) in [4.78, 5) is 15.5. The first-order chi connectivity index (χ1) is 11.2. The lowest BCUT2D eigenvalue weighted by Gasteiger charge is -2.12. The van der Waals surface area contributed by atoms with E-state index in [-0.39, 0.29) is 0 Å². The summed E-state index contributed by atoms with van der Waals surface area (Å²) in [6, 6.07) is 10.9. The molecule has 0 radical (unpaired) electrons. The Morgan fingerprint density at radius 3 is 2.96 bits per heavy atom. The summed E-state index contributed by atoms with van der Waals surface area (Å²) in [6.45, 7) is 0. The molecule has 0 fully saturated rings. The van der Waals surface area contributed by atoms with Gasteiger partial charge in [0.15, 0.2) is 0 Å². The molecule has 0 saturated heterocycles. The number of aliphatic carboxylic acids is 1. The summed E-state index contributed by atoms with van der Waals surface area (Å²) >= 11 is 2.76. The van der Waals surface area contributed by atoms with Crippen LogP contribution in [0.4, 0.5) is 0 Å². The fraction of sp³-hybridized carbons (Fsp3) is 0.118. The molecule has 1 atom stereocenters. The van der Waals surface area contributed by atoms with Crippen LogP contribution in [0, 0.1) is 12.3 Å². The first kappa shape index (κ1) is 15.7. The molecule has 3 N–H and O–H groups in total. The highest BCUT2D eigenvalue weighted by molar-refractivity contribution is 7.99. The quantitative estimate of drug-likeness (QED) is 0.474. The lowest BCUT2D eigenvalue weighted by atomic mass is 10.1. The normalized spacial score (nSPS) is 12.1. The van der Waals surface area contributed by atoms with E-state index in [4.69, 9.17) is 6.42 Å². The van der Waals surface area contributed by atoms with Gasteiger partial charge in [0.05, 0.1) is 9.09 Å². The van der Waals surface area contributed by atoms with E-state index in [1.807, 2.05) is 42.6 Å². The van der Waals surface area contributed by atoms with Crippen molar-refractivity contribution in [3.8, 4) is 12.3 Å². The molecule has 0 aliphatic rings. The van der Waals surface area contributed by atoms with Crippen LogP contribution in [0.1, 0.15) is 10.4 Å². The summed E-state index contributed by atoms with van der Waals surface area (Å²) < 4.78 is 3.97. The van der Waals surface area contributed by atoms with Crippen molar-refractivity contribution >= 4 is 40.2 Å². The lowest BCUT2D eigenvalue weighted by Crippen LogP contribution is -2.34. The molecule has 4 nitrogen and oxygen atoms in total. The van der Waals surface area contributed by atoms with Crippen molar-refractivity contribution < 1.29 is 9.90 Å². The monoisotopic (exact) mass is 342 g/mol. The van der Waals surface area contributed by atoms with Gasteiger partial charge in [-0.2, -0.15) is 0 Å². The Balaban J connectivity index is 1.72. The van der Waals surface area contributed by atoms with E-state index in [0.717, 1.165) is 25.6 Å². The van der Waals surface area contributed by atoms with Crippen LogP contribution in [0.15, 0.2) is 46.8 Å². The molecule has 0 saturated carbocycles. The van der Waals surface area contributed by atoms with Crippen LogP contribution < -0.4 is 4.72 Å². The minimum atomic E-state index is -0.878. The Bertz CT molecular complexity index is 876. The highest BCUT2D eigenvalue weighted by Crippen LogP contribution is 2.26. The molecular formula is C17H14N2O2S2. The second-order valence-electron chi connectivity index (χ2n) is 4.94. The molecule has 1 unspecified atom stereocenters. The van der Waals surface area contributed by atoms with Gasteiger partial charge in [0.25, 0.3) is 0 Å². The molecule has 2 aromatic heterocycles. The number of carboxylic acids is 1. The average molecular weight is 342 g/mol. The zero-order valence-electron chi connectivity index (χ0n) is 12.1. The van der Waals surface area contributed by atoms with Crippen molar-refractivity contribution in [2.24, 2.45) is 0 Å². The van der Waals surface area contributed by atoms with E-state index in [2.05, 4.69) is 15.6 Å². The van der Waals surface area contributed by atoms with Crippen LogP contribution in [0.2, 0.25) is 0 Å². The Labute approximate surface area is 142 Å². The molecule has 3 rings (SSSR count). The molecular weight excluding hydrogens is 328 g/mol. The molecule has 0 bridgehead atoms. The Morgan fingerprint density at radius 2 is 2.22 bits per heavy atom. The van der Waals surface area contributed by atoms with Crippen LogP contribution in [0.5, 0.6) is 0 Å². The Morgan fingerprint density at radius 1 is 1.39 bits per heavy atom. The predicted molar refractivity (Wildman–Crippen MR) is 94.7 cm³/mol. The van der Waals surface area contributed by atoms with Crippen LogP contribution in [0.3, 0.4) is 0 Å². The van der Waals surface area contributed by atoms with E-state index in [1.54, 1.807) is 0 Å². The third-order valence-corrected chi connectivity index (χ3v) is 5.47. The number of aromatic nitrogens is 1. The minimum absolute atomic E-state index is 0.402. The van der Waals surface area contributed by atoms with Crippen molar-refractivity contribution in [3.63, 3.8) is 0 Å². The number of thiophene rings is 1. The van der Waals surface area contributed by atoms with Gasteiger partial charge in [-0.3, -0.25) is 4.79 Å². The van der Waals surface area contributed by atoms with Crippen LogP contribution >= 0.6 is 23.3 Å². The van der Waals surface area contributed by atoms with Gasteiger partial charge >= 0.3 is 5.97 Å². The largest absolute Gasteiger partial charge is 0.480 e. The number of hydrogen-bond donors (Lipinski definition) is 3. The van der Waals surface area contributed by atoms with Crippen molar-refractivity contribution in [1.29, 1.82) is 0 Å². The highest BCUT2D eigenvalue weighted by Gasteiger charge is 2.20. The number of hydrogen-bond acceptors (Lipinski definition) is 4. The summed E-state index contributed by atoms with van der Waals surface area (Å²) in [5.74, 6) is 1.69. The number of benzene rings is 1. The van der Waals surface area contributed by atoms with Gasteiger partial charge in [0.1, 0.15) is 6.04 Å². The number of H-pyrrole nitrogens is 1. The predicted octanol–water partition coefficient (Wildman–Crippen LogP) is 3.50. The first-order valence-corrected chi connectivity index (χ1v) is 8.57. The number of carbonyl (C=O) groups is 1. The number of para-hydroxylation sites is 1. The highest BCUT2D eigenvalue weighted by atomic mass is 32.2. The third kappa shape index (κ3) is 3.59. The zero-order chi connectivity index (χ0) is 16.2. The standard InChI is InChI=1S/C17H14N2O2S2/c1-2-12-7-8-16(22-12)23-19-15(17(20)21)9-11-10-18-14-6-4-3-5-13(11)14/h1,3-8,10,15,18-19H,9H2,(H,20,21). The van der Waals surface area contributed by atoms with Gasteiger partial charge in [0.2, 0.25) is 0 Å². The molecule has 0 aliphatic heterocycles. The lowest BCUT2D eigenvalue weighted by molar-refractivity contribution is -0.138. The number of carboxylic acid groups (broad SMARTS) is 1. The summed E-state index contributed by atoms with van der Waals surface area (Å²) in [6.07, 6.45) is 7.62. The third-order valence-electron chi connectivity index (χ3n) is 3.42. The maximum Gasteiger partial charge on any atom is 0.321 e. The van der Waals surface area contributed by atoms with Gasteiger partial charge in [-0.15, -0.1) is 17.8 Å². The summed E-state index contributed by atoms with van der Waals surface area (Å²) in [5.41, 5.74) is 1.99. The second kappa shape index (κ2) is 6.92. The van der Waals surface area contributed by atoms with E-state index < -0.39 is 12.0 Å².